The summed E-state index contributed by atoms with van der Waals surface area (Å²) in [6, 6.07) is 14.2. The van der Waals surface area contributed by atoms with E-state index in [1.807, 2.05) is 24.3 Å². The van der Waals surface area contributed by atoms with Crippen molar-refractivity contribution in [2.75, 3.05) is 20.2 Å². The first-order chi connectivity index (χ1) is 11.2. The number of piperidine rings is 1. The summed E-state index contributed by atoms with van der Waals surface area (Å²) in [5, 5.41) is 10.3. The first kappa shape index (κ1) is 16.3. The molecule has 4 heteroatoms. The van der Waals surface area contributed by atoms with Crippen LogP contribution in [0.2, 0.25) is 5.02 Å². The molecule has 0 spiro atoms. The van der Waals surface area contributed by atoms with Crippen LogP contribution in [0, 0.1) is 0 Å². The summed E-state index contributed by atoms with van der Waals surface area (Å²) in [5.74, 6) is 0.877. The maximum atomic E-state index is 9.60. The highest BCUT2D eigenvalue weighted by atomic mass is 35.5. The van der Waals surface area contributed by atoms with Gasteiger partial charge in [-0.15, -0.1) is 0 Å². The van der Waals surface area contributed by atoms with Crippen LogP contribution in [-0.4, -0.2) is 36.3 Å². The summed E-state index contributed by atoms with van der Waals surface area (Å²) < 4.78 is 5.59. The standard InChI is InChI=1S/C19H22ClNO2/c1-23-19-12-14(13-21-10-8-17(22)9-11-21)2-7-18(19)15-3-5-16(20)6-4-15/h2-7,12,17,22H,8-11,13H2,1H3. The van der Waals surface area contributed by atoms with Crippen LogP contribution in [0.4, 0.5) is 0 Å². The molecule has 0 unspecified atom stereocenters. The second kappa shape index (κ2) is 7.35. The normalized spacial score (nSPS) is 16.5. The molecule has 3 nitrogen and oxygen atoms in total. The van der Waals surface area contributed by atoms with Gasteiger partial charge in [0.15, 0.2) is 0 Å². The number of nitrogens with zero attached hydrogens (tertiary/aromatic N) is 1. The summed E-state index contributed by atoms with van der Waals surface area (Å²) >= 11 is 5.96. The van der Waals surface area contributed by atoms with Crippen LogP contribution in [0.25, 0.3) is 11.1 Å². The zero-order chi connectivity index (χ0) is 16.2. The number of hydrogen-bond acceptors (Lipinski definition) is 3. The third-order valence-corrected chi connectivity index (χ3v) is 4.64. The molecular formula is C19H22ClNO2. The number of likely N-dealkylation sites (tertiary alicyclic amines) is 1. The van der Waals surface area contributed by atoms with E-state index in [1.165, 1.54) is 5.56 Å². The van der Waals surface area contributed by atoms with Gasteiger partial charge in [0.05, 0.1) is 13.2 Å². The molecule has 1 fully saturated rings. The van der Waals surface area contributed by atoms with Gasteiger partial charge in [-0.05, 0) is 42.2 Å². The number of aliphatic hydroxyl groups excluding tert-OH is 1. The van der Waals surface area contributed by atoms with Crippen molar-refractivity contribution in [1.29, 1.82) is 0 Å². The number of rotatable bonds is 4. The third-order valence-electron chi connectivity index (χ3n) is 4.38. The lowest BCUT2D eigenvalue weighted by atomic mass is 10.0. The molecule has 0 aliphatic carbocycles. The van der Waals surface area contributed by atoms with Gasteiger partial charge >= 0.3 is 0 Å². The van der Waals surface area contributed by atoms with Gasteiger partial charge in [0.1, 0.15) is 5.75 Å². The predicted molar refractivity (Wildman–Crippen MR) is 94.0 cm³/mol. The van der Waals surface area contributed by atoms with Gasteiger partial charge < -0.3 is 9.84 Å². The minimum atomic E-state index is -0.131. The van der Waals surface area contributed by atoms with Crippen LogP contribution in [0.3, 0.4) is 0 Å². The van der Waals surface area contributed by atoms with E-state index in [0.29, 0.717) is 0 Å². The van der Waals surface area contributed by atoms with Gasteiger partial charge in [0, 0.05) is 30.2 Å². The van der Waals surface area contributed by atoms with E-state index < -0.39 is 0 Å². The van der Waals surface area contributed by atoms with Crippen molar-refractivity contribution in [3.8, 4) is 16.9 Å². The van der Waals surface area contributed by atoms with Crippen LogP contribution in [0.15, 0.2) is 42.5 Å². The summed E-state index contributed by atoms with van der Waals surface area (Å²) in [6.45, 7) is 2.79. The molecule has 0 atom stereocenters. The Labute approximate surface area is 142 Å². The van der Waals surface area contributed by atoms with Crippen LogP contribution in [-0.2, 0) is 6.54 Å². The Morgan fingerprint density at radius 1 is 1.13 bits per heavy atom. The van der Waals surface area contributed by atoms with E-state index in [9.17, 15) is 5.11 Å². The number of methoxy groups -OCH3 is 1. The maximum absolute atomic E-state index is 9.60. The van der Waals surface area contributed by atoms with Crippen molar-refractivity contribution in [3.05, 3.63) is 53.1 Å². The van der Waals surface area contributed by atoms with Crippen molar-refractivity contribution < 1.29 is 9.84 Å². The number of ether oxygens (including phenoxy) is 1. The molecule has 1 N–H and O–H groups in total. The van der Waals surface area contributed by atoms with Crippen LogP contribution < -0.4 is 4.74 Å². The first-order valence-corrected chi connectivity index (χ1v) is 8.37. The second-order valence-electron chi connectivity index (χ2n) is 6.05. The van der Waals surface area contributed by atoms with E-state index in [2.05, 4.69) is 23.1 Å². The first-order valence-electron chi connectivity index (χ1n) is 7.99. The van der Waals surface area contributed by atoms with Crippen molar-refractivity contribution in [3.63, 3.8) is 0 Å². The highest BCUT2D eigenvalue weighted by molar-refractivity contribution is 6.30. The highest BCUT2D eigenvalue weighted by Gasteiger charge is 2.17. The molecule has 23 heavy (non-hydrogen) atoms. The van der Waals surface area contributed by atoms with E-state index in [-0.39, 0.29) is 6.10 Å². The summed E-state index contributed by atoms with van der Waals surface area (Å²) in [7, 11) is 1.70. The van der Waals surface area contributed by atoms with Crippen molar-refractivity contribution in [2.45, 2.75) is 25.5 Å². The Hall–Kier alpha value is -1.55. The zero-order valence-corrected chi connectivity index (χ0v) is 14.1. The molecule has 1 aliphatic heterocycles. The van der Waals surface area contributed by atoms with Gasteiger partial charge in [-0.1, -0.05) is 35.9 Å². The lowest BCUT2D eigenvalue weighted by Crippen LogP contribution is -2.35. The Balaban J connectivity index is 1.78. The molecule has 0 bridgehead atoms. The lowest BCUT2D eigenvalue weighted by molar-refractivity contribution is 0.0792. The van der Waals surface area contributed by atoms with Crippen LogP contribution >= 0.6 is 11.6 Å². The SMILES string of the molecule is COc1cc(CN2CCC(O)CC2)ccc1-c1ccc(Cl)cc1. The molecule has 1 aliphatic rings. The monoisotopic (exact) mass is 331 g/mol. The third kappa shape index (κ3) is 4.05. The quantitative estimate of drug-likeness (QED) is 0.920. The fourth-order valence-electron chi connectivity index (χ4n) is 3.04. The molecule has 1 heterocycles. The summed E-state index contributed by atoms with van der Waals surface area (Å²) in [4.78, 5) is 2.38. The molecule has 0 amide bonds. The molecule has 1 saturated heterocycles. The highest BCUT2D eigenvalue weighted by Crippen LogP contribution is 2.32. The van der Waals surface area contributed by atoms with E-state index in [4.69, 9.17) is 16.3 Å². The van der Waals surface area contributed by atoms with E-state index in [1.54, 1.807) is 7.11 Å². The molecule has 122 valence electrons. The molecule has 0 aromatic heterocycles. The minimum absolute atomic E-state index is 0.131. The Morgan fingerprint density at radius 2 is 1.83 bits per heavy atom. The van der Waals surface area contributed by atoms with Crippen molar-refractivity contribution in [1.82, 2.24) is 4.90 Å². The van der Waals surface area contributed by atoms with Gasteiger partial charge in [-0.3, -0.25) is 4.90 Å². The molecule has 2 aromatic rings. The Bertz CT molecular complexity index is 649. The number of aliphatic hydroxyl groups is 1. The fourth-order valence-corrected chi connectivity index (χ4v) is 3.16. The van der Waals surface area contributed by atoms with E-state index >= 15 is 0 Å². The summed E-state index contributed by atoms with van der Waals surface area (Å²) in [6.07, 6.45) is 1.59. The smallest absolute Gasteiger partial charge is 0.127 e. The number of hydrogen-bond donors (Lipinski definition) is 1. The Kier molecular flexibility index (Phi) is 5.21. The second-order valence-corrected chi connectivity index (χ2v) is 6.49. The zero-order valence-electron chi connectivity index (χ0n) is 13.3. The Morgan fingerprint density at radius 3 is 2.48 bits per heavy atom. The van der Waals surface area contributed by atoms with E-state index in [0.717, 1.165) is 54.4 Å². The average molecular weight is 332 g/mol. The van der Waals surface area contributed by atoms with Crippen molar-refractivity contribution in [2.24, 2.45) is 0 Å². The average Bonchev–Trinajstić information content (AvgIpc) is 2.58. The predicted octanol–water partition coefficient (Wildman–Crippen LogP) is 3.97. The number of halogens is 1. The van der Waals surface area contributed by atoms with Gasteiger partial charge in [-0.2, -0.15) is 0 Å². The maximum Gasteiger partial charge on any atom is 0.127 e. The fraction of sp³-hybridized carbons (Fsp3) is 0.368. The minimum Gasteiger partial charge on any atom is -0.496 e. The van der Waals surface area contributed by atoms with Crippen molar-refractivity contribution >= 4 is 11.6 Å². The van der Waals surface area contributed by atoms with Crippen LogP contribution in [0.5, 0.6) is 5.75 Å². The van der Waals surface area contributed by atoms with Gasteiger partial charge in [0.25, 0.3) is 0 Å². The molecule has 0 radical (unpaired) electrons. The van der Waals surface area contributed by atoms with Crippen LogP contribution in [0.1, 0.15) is 18.4 Å². The largest absolute Gasteiger partial charge is 0.496 e. The molecule has 3 rings (SSSR count). The van der Waals surface area contributed by atoms with Gasteiger partial charge in [0.2, 0.25) is 0 Å². The molecular weight excluding hydrogens is 310 g/mol. The summed E-state index contributed by atoms with van der Waals surface area (Å²) in [5.41, 5.74) is 3.40. The molecule has 0 saturated carbocycles. The van der Waals surface area contributed by atoms with Gasteiger partial charge in [-0.25, -0.2) is 0 Å². The number of benzene rings is 2. The molecule has 2 aromatic carbocycles. The topological polar surface area (TPSA) is 32.7 Å². The lowest BCUT2D eigenvalue weighted by Gasteiger charge is -2.29.